The fourth-order valence-corrected chi connectivity index (χ4v) is 3.90. The van der Waals surface area contributed by atoms with Crippen LogP contribution in [-0.2, 0) is 26.2 Å². The van der Waals surface area contributed by atoms with Crippen LogP contribution in [0.15, 0.2) is 30.3 Å². The maximum absolute atomic E-state index is 12.0. The van der Waals surface area contributed by atoms with Gasteiger partial charge in [0.25, 0.3) is 0 Å². The molecule has 2 rings (SSSR count). The highest BCUT2D eigenvalue weighted by molar-refractivity contribution is 7.89. The zero-order valence-corrected chi connectivity index (χ0v) is 13.8. The monoisotopic (exact) mass is 341 g/mol. The highest BCUT2D eigenvalue weighted by atomic mass is 32.2. The Morgan fingerprint density at radius 1 is 1.17 bits per heavy atom. The fraction of sp³-hybridized carbons (Fsp3) is 0.562. The molecule has 1 aromatic rings. The minimum atomic E-state index is -3.40. The molecule has 6 nitrogen and oxygen atoms in total. The first-order chi connectivity index (χ1) is 11.0. The Morgan fingerprint density at radius 2 is 1.83 bits per heavy atom. The standard InChI is InChI=1S/C16H23NO5S/c18-16(19)14-6-8-15(9-7-14)17-23(20,21)11-10-22-12-13-4-2-1-3-5-13/h1-5,14-15,17H,6-12H2,(H,18,19). The van der Waals surface area contributed by atoms with Gasteiger partial charge >= 0.3 is 5.97 Å². The number of hydrogen-bond donors (Lipinski definition) is 2. The summed E-state index contributed by atoms with van der Waals surface area (Å²) in [4.78, 5) is 10.9. The summed E-state index contributed by atoms with van der Waals surface area (Å²) in [5, 5.41) is 8.94. The van der Waals surface area contributed by atoms with Crippen molar-refractivity contribution < 1.29 is 23.1 Å². The van der Waals surface area contributed by atoms with Crippen LogP contribution < -0.4 is 4.72 Å². The second-order valence-corrected chi connectivity index (χ2v) is 7.74. The van der Waals surface area contributed by atoms with Gasteiger partial charge in [0.1, 0.15) is 0 Å². The Kier molecular flexibility index (Phi) is 6.56. The predicted octanol–water partition coefficient (Wildman–Crippen LogP) is 1.77. The van der Waals surface area contributed by atoms with Crippen LogP contribution in [0.3, 0.4) is 0 Å². The molecule has 1 aliphatic carbocycles. The number of nitrogens with one attached hydrogen (secondary N) is 1. The Hall–Kier alpha value is -1.44. The Bertz CT molecular complexity index is 594. The number of aliphatic carboxylic acids is 1. The summed E-state index contributed by atoms with van der Waals surface area (Å²) >= 11 is 0. The van der Waals surface area contributed by atoms with Crippen LogP contribution in [0.1, 0.15) is 31.2 Å². The van der Waals surface area contributed by atoms with Gasteiger partial charge in [0.05, 0.1) is 24.9 Å². The summed E-state index contributed by atoms with van der Waals surface area (Å²) in [6, 6.07) is 9.41. The number of carbonyl (C=O) groups is 1. The third-order valence-corrected chi connectivity index (χ3v) is 5.43. The summed E-state index contributed by atoms with van der Waals surface area (Å²) in [6.45, 7) is 0.523. The van der Waals surface area contributed by atoms with Crippen molar-refractivity contribution in [2.45, 2.75) is 38.3 Å². The van der Waals surface area contributed by atoms with E-state index >= 15 is 0 Å². The summed E-state index contributed by atoms with van der Waals surface area (Å²) in [7, 11) is -3.40. The molecule has 7 heteroatoms. The Morgan fingerprint density at radius 3 is 2.43 bits per heavy atom. The molecule has 0 unspecified atom stereocenters. The fourth-order valence-electron chi connectivity index (χ4n) is 2.70. The van der Waals surface area contributed by atoms with Crippen molar-refractivity contribution in [3.63, 3.8) is 0 Å². The molecule has 0 amide bonds. The van der Waals surface area contributed by atoms with E-state index in [4.69, 9.17) is 9.84 Å². The van der Waals surface area contributed by atoms with E-state index < -0.39 is 16.0 Å². The second-order valence-electron chi connectivity index (χ2n) is 5.86. The molecular weight excluding hydrogens is 318 g/mol. The largest absolute Gasteiger partial charge is 0.481 e. The van der Waals surface area contributed by atoms with E-state index in [9.17, 15) is 13.2 Å². The zero-order valence-electron chi connectivity index (χ0n) is 13.0. The summed E-state index contributed by atoms with van der Waals surface area (Å²) < 4.78 is 32.1. The number of sulfonamides is 1. The van der Waals surface area contributed by atoms with Crippen molar-refractivity contribution in [2.75, 3.05) is 12.4 Å². The van der Waals surface area contributed by atoms with Crippen LogP contribution >= 0.6 is 0 Å². The molecule has 128 valence electrons. The summed E-state index contributed by atoms with van der Waals surface area (Å²) in [6.07, 6.45) is 2.18. The summed E-state index contributed by atoms with van der Waals surface area (Å²) in [5.41, 5.74) is 1.00. The molecule has 0 bridgehead atoms. The van der Waals surface area contributed by atoms with Crippen LogP contribution in [0, 0.1) is 5.92 Å². The maximum Gasteiger partial charge on any atom is 0.306 e. The first-order valence-corrected chi connectivity index (χ1v) is 9.46. The zero-order chi connectivity index (χ0) is 16.7. The molecular formula is C16H23NO5S. The lowest BCUT2D eigenvalue weighted by atomic mass is 9.87. The number of rotatable bonds is 8. The topological polar surface area (TPSA) is 92.7 Å². The van der Waals surface area contributed by atoms with Crippen molar-refractivity contribution in [3.05, 3.63) is 35.9 Å². The van der Waals surface area contributed by atoms with Gasteiger partial charge in [-0.25, -0.2) is 13.1 Å². The SMILES string of the molecule is O=C(O)C1CCC(NS(=O)(=O)CCOCc2ccccc2)CC1. The lowest BCUT2D eigenvalue weighted by Crippen LogP contribution is -2.40. The molecule has 0 aromatic heterocycles. The van der Waals surface area contributed by atoms with Crippen molar-refractivity contribution in [2.24, 2.45) is 5.92 Å². The Labute approximate surface area is 136 Å². The Balaban J connectivity index is 1.67. The highest BCUT2D eigenvalue weighted by Crippen LogP contribution is 2.24. The van der Waals surface area contributed by atoms with Gasteiger partial charge in [0.2, 0.25) is 10.0 Å². The van der Waals surface area contributed by atoms with Gasteiger partial charge in [-0.1, -0.05) is 30.3 Å². The number of benzene rings is 1. The first kappa shape index (κ1) is 17.9. The van der Waals surface area contributed by atoms with Gasteiger partial charge in [-0.05, 0) is 31.2 Å². The number of hydrogen-bond acceptors (Lipinski definition) is 4. The molecule has 2 N–H and O–H groups in total. The van der Waals surface area contributed by atoms with E-state index in [1.165, 1.54) is 0 Å². The van der Waals surface area contributed by atoms with Gasteiger partial charge < -0.3 is 9.84 Å². The maximum atomic E-state index is 12.0. The lowest BCUT2D eigenvalue weighted by Gasteiger charge is -2.26. The lowest BCUT2D eigenvalue weighted by molar-refractivity contribution is -0.142. The highest BCUT2D eigenvalue weighted by Gasteiger charge is 2.28. The van der Waals surface area contributed by atoms with Crippen LogP contribution in [0.4, 0.5) is 0 Å². The average molecular weight is 341 g/mol. The molecule has 0 heterocycles. The molecule has 1 aliphatic rings. The number of carboxylic acids is 1. The second kappa shape index (κ2) is 8.42. The van der Waals surface area contributed by atoms with Gasteiger partial charge in [-0.15, -0.1) is 0 Å². The number of ether oxygens (including phenoxy) is 1. The van der Waals surface area contributed by atoms with Crippen molar-refractivity contribution >= 4 is 16.0 Å². The van der Waals surface area contributed by atoms with E-state index in [0.717, 1.165) is 5.56 Å². The molecule has 0 radical (unpaired) electrons. The molecule has 1 saturated carbocycles. The van der Waals surface area contributed by atoms with Crippen LogP contribution in [0.2, 0.25) is 0 Å². The molecule has 0 aliphatic heterocycles. The molecule has 1 aromatic carbocycles. The summed E-state index contributed by atoms with van der Waals surface area (Å²) in [5.74, 6) is -1.22. The minimum Gasteiger partial charge on any atom is -0.481 e. The third kappa shape index (κ3) is 6.29. The van der Waals surface area contributed by atoms with Crippen molar-refractivity contribution in [1.29, 1.82) is 0 Å². The van der Waals surface area contributed by atoms with Gasteiger partial charge in [0, 0.05) is 6.04 Å². The predicted molar refractivity (Wildman–Crippen MR) is 86.4 cm³/mol. The van der Waals surface area contributed by atoms with Crippen molar-refractivity contribution in [1.82, 2.24) is 4.72 Å². The first-order valence-electron chi connectivity index (χ1n) is 7.81. The quantitative estimate of drug-likeness (QED) is 0.703. The number of carboxylic acid groups (broad SMARTS) is 1. The van der Waals surface area contributed by atoms with Gasteiger partial charge in [-0.3, -0.25) is 4.79 Å². The molecule has 1 fully saturated rings. The van der Waals surface area contributed by atoms with E-state index in [-0.39, 0.29) is 24.3 Å². The smallest absolute Gasteiger partial charge is 0.306 e. The van der Waals surface area contributed by atoms with E-state index in [1.54, 1.807) is 0 Å². The van der Waals surface area contributed by atoms with E-state index in [1.807, 2.05) is 30.3 Å². The molecule has 23 heavy (non-hydrogen) atoms. The normalized spacial score (nSPS) is 21.9. The minimum absolute atomic E-state index is 0.0846. The van der Waals surface area contributed by atoms with Gasteiger partial charge in [0.15, 0.2) is 0 Å². The van der Waals surface area contributed by atoms with Crippen LogP contribution in [0.5, 0.6) is 0 Å². The van der Waals surface area contributed by atoms with Gasteiger partial charge in [-0.2, -0.15) is 0 Å². The molecule has 0 atom stereocenters. The van der Waals surface area contributed by atoms with Crippen LogP contribution in [0.25, 0.3) is 0 Å². The third-order valence-electron chi connectivity index (χ3n) is 4.03. The molecule has 0 spiro atoms. The molecule has 0 saturated heterocycles. The van der Waals surface area contributed by atoms with Crippen LogP contribution in [-0.4, -0.2) is 37.9 Å². The average Bonchev–Trinajstić information content (AvgIpc) is 2.53. The van der Waals surface area contributed by atoms with E-state index in [0.29, 0.717) is 32.3 Å². The van der Waals surface area contributed by atoms with E-state index in [2.05, 4.69) is 4.72 Å². The van der Waals surface area contributed by atoms with Crippen molar-refractivity contribution in [3.8, 4) is 0 Å².